The second-order valence-corrected chi connectivity index (χ2v) is 15.2. The van der Waals surface area contributed by atoms with Crippen LogP contribution in [-0.4, -0.2) is 103 Å². The van der Waals surface area contributed by atoms with E-state index in [9.17, 15) is 14.4 Å². The molecule has 0 radical (unpaired) electrons. The number of carbonyl (C=O) groups excluding carboxylic acids is 4. The van der Waals surface area contributed by atoms with E-state index in [1.807, 2.05) is 13.7 Å². The van der Waals surface area contributed by atoms with Gasteiger partial charge in [-0.05, 0) is 115 Å². The SMILES string of the molecule is C=C[C@]1(CC)COCC2=C1/C=C(\C)C1=NC(=C/C=C\C)/C(C)=C/NN(CCCCC)/C=C/1CCC2.C=O.CC(=O)CN(C)C(=O)CN(C)C(=O)OC(C)(C)C.O. The maximum absolute atomic E-state index is 11.7. The van der Waals surface area contributed by atoms with Crippen LogP contribution in [-0.2, 0) is 23.9 Å². The number of nitrogens with zero attached hydrogens (tertiary/aromatic N) is 4. The predicted molar refractivity (Wildman–Crippen MR) is 228 cm³/mol. The van der Waals surface area contributed by atoms with Crippen molar-refractivity contribution in [2.75, 3.05) is 46.9 Å². The highest BCUT2D eigenvalue weighted by Crippen LogP contribution is 2.42. The average Bonchev–Trinajstić information content (AvgIpc) is 3.24. The Morgan fingerprint density at radius 1 is 1.07 bits per heavy atom. The summed E-state index contributed by atoms with van der Waals surface area (Å²) in [5, 5.41) is 2.25. The van der Waals surface area contributed by atoms with Crippen molar-refractivity contribution < 1.29 is 34.1 Å². The molecule has 12 heteroatoms. The van der Waals surface area contributed by atoms with Crippen LogP contribution in [0.25, 0.3) is 0 Å². The lowest BCUT2D eigenvalue weighted by atomic mass is 9.73. The number of ketones is 1. The first-order chi connectivity index (χ1) is 26.0. The lowest BCUT2D eigenvalue weighted by Crippen LogP contribution is -2.42. The Balaban J connectivity index is 0.00000123. The number of ether oxygens (including phenoxy) is 2. The third-order valence-electron chi connectivity index (χ3n) is 9.35. The molecule has 2 amide bonds. The zero-order valence-electron chi connectivity index (χ0n) is 36.2. The molecule has 1 aliphatic carbocycles. The Kier molecular flexibility index (Phi) is 23.5. The Hall–Kier alpha value is -4.55. The van der Waals surface area contributed by atoms with Gasteiger partial charge in [0.25, 0.3) is 0 Å². The van der Waals surface area contributed by atoms with Crippen LogP contribution in [0.1, 0.15) is 107 Å². The van der Waals surface area contributed by atoms with Gasteiger partial charge in [-0.25, -0.2) is 9.79 Å². The summed E-state index contributed by atoms with van der Waals surface area (Å²) in [6.45, 7) is 26.1. The van der Waals surface area contributed by atoms with Crippen LogP contribution >= 0.6 is 0 Å². The van der Waals surface area contributed by atoms with Gasteiger partial charge in [0.15, 0.2) is 0 Å². The molecule has 0 spiro atoms. The number of hydrogen-bond acceptors (Lipinski definition) is 9. The number of Topliss-reactive ketones (excluding diaryl/α,β-unsaturated/α-hetero) is 1. The van der Waals surface area contributed by atoms with Crippen molar-refractivity contribution in [2.24, 2.45) is 10.4 Å². The zero-order chi connectivity index (χ0) is 41.8. The molecule has 3 rings (SSSR count). The van der Waals surface area contributed by atoms with Crippen molar-refractivity contribution in [3.8, 4) is 0 Å². The summed E-state index contributed by atoms with van der Waals surface area (Å²) in [6.07, 6.45) is 22.3. The van der Waals surface area contributed by atoms with Crippen molar-refractivity contribution in [1.82, 2.24) is 20.2 Å². The molecule has 56 heavy (non-hydrogen) atoms. The highest BCUT2D eigenvalue weighted by molar-refractivity contribution is 6.13. The maximum Gasteiger partial charge on any atom is 0.410 e. The number of amides is 2. The molecule has 3 N–H and O–H groups in total. The van der Waals surface area contributed by atoms with Crippen molar-refractivity contribution >= 4 is 30.3 Å². The fraction of sp³-hybridized carbons (Fsp3) is 0.568. The lowest BCUT2D eigenvalue weighted by Gasteiger charge is -2.37. The second kappa shape index (κ2) is 25.6. The van der Waals surface area contributed by atoms with E-state index in [1.54, 1.807) is 20.8 Å². The summed E-state index contributed by atoms with van der Waals surface area (Å²) in [4.78, 5) is 49.9. The van der Waals surface area contributed by atoms with Crippen molar-refractivity contribution in [1.29, 1.82) is 0 Å². The molecule has 0 saturated carbocycles. The minimum Gasteiger partial charge on any atom is -0.444 e. The Morgan fingerprint density at radius 3 is 2.32 bits per heavy atom. The topological polar surface area (TPSA) is 152 Å². The number of nitrogens with one attached hydrogen (secondary N) is 1. The molecule has 0 fully saturated rings. The molecule has 0 bridgehead atoms. The van der Waals surface area contributed by atoms with Crippen molar-refractivity contribution in [2.45, 2.75) is 113 Å². The Bertz CT molecular complexity index is 1550. The summed E-state index contributed by atoms with van der Waals surface area (Å²) >= 11 is 0. The molecule has 3 aliphatic rings. The van der Waals surface area contributed by atoms with Crippen molar-refractivity contribution in [3.05, 3.63) is 82.9 Å². The minimum atomic E-state index is -0.598. The molecule has 2 heterocycles. The van der Waals surface area contributed by atoms with Gasteiger partial charge in [-0.1, -0.05) is 51.0 Å². The fourth-order valence-electron chi connectivity index (χ4n) is 6.21. The number of rotatable bonds is 11. The third-order valence-corrected chi connectivity index (χ3v) is 9.35. The first-order valence-electron chi connectivity index (χ1n) is 19.4. The summed E-state index contributed by atoms with van der Waals surface area (Å²) < 4.78 is 11.2. The van der Waals surface area contributed by atoms with E-state index in [0.29, 0.717) is 6.61 Å². The van der Waals surface area contributed by atoms with E-state index in [2.05, 4.69) is 87.5 Å². The van der Waals surface area contributed by atoms with Gasteiger partial charge in [0.05, 0.1) is 31.2 Å². The smallest absolute Gasteiger partial charge is 0.410 e. The van der Waals surface area contributed by atoms with Gasteiger partial charge in [-0.2, -0.15) is 0 Å². The highest BCUT2D eigenvalue weighted by Gasteiger charge is 2.35. The molecule has 0 unspecified atom stereocenters. The molecule has 2 aliphatic heterocycles. The average molecular weight is 782 g/mol. The minimum absolute atomic E-state index is 0. The van der Waals surface area contributed by atoms with Crippen LogP contribution in [0, 0.1) is 5.41 Å². The van der Waals surface area contributed by atoms with Gasteiger partial charge in [0, 0.05) is 38.5 Å². The number of hydrogen-bond donors (Lipinski definition) is 1. The molecule has 0 aromatic rings. The van der Waals surface area contributed by atoms with Gasteiger partial charge in [0.2, 0.25) is 5.91 Å². The standard InChI is InChI=1S/C31H45N3O.C12H22N2O4.CH2O.H2O/c1-7-11-13-18-34-21-26-15-14-16-27-22-35-23-31(9-3,10-4)28(27)19-24(5)30(26)33-29(17-12-8-2)25(6)20-32-34;1-9(15)7-13(5)10(16)8-14(6)11(17)18-12(2,3)4;1-2;/h8-9,12,17,19-21,32H,3,7,10-11,13-16,18,22-23H2,1-2,4-6H3;7-8H2,1-6H3;1H2;1H2/b12-8-,24-19+,25-20+,26-21+,29-17+,33-30?;;;/t31-;;;/m0.../s1. The van der Waals surface area contributed by atoms with E-state index in [-0.39, 0.29) is 35.7 Å². The zero-order valence-corrected chi connectivity index (χ0v) is 36.2. The fourth-order valence-corrected chi connectivity index (χ4v) is 6.21. The van der Waals surface area contributed by atoms with Crippen molar-refractivity contribution in [3.63, 3.8) is 0 Å². The molecule has 314 valence electrons. The van der Waals surface area contributed by atoms with Gasteiger partial charge in [-0.15, -0.1) is 6.58 Å². The molecule has 0 aromatic carbocycles. The predicted octanol–water partition coefficient (Wildman–Crippen LogP) is 7.62. The summed E-state index contributed by atoms with van der Waals surface area (Å²) in [6, 6.07) is 0. The number of carbonyl (C=O) groups is 4. The number of unbranched alkanes of at least 4 members (excludes halogenated alkanes) is 2. The van der Waals surface area contributed by atoms with Crippen LogP contribution in [0.3, 0.4) is 0 Å². The third kappa shape index (κ3) is 16.7. The number of fused-ring (bicyclic) bond motifs is 1. The van der Waals surface area contributed by atoms with Gasteiger partial charge >= 0.3 is 6.09 Å². The summed E-state index contributed by atoms with van der Waals surface area (Å²) in [5.41, 5.74) is 11.3. The molecule has 12 nitrogen and oxygen atoms in total. The highest BCUT2D eigenvalue weighted by atomic mass is 16.6. The maximum atomic E-state index is 11.7. The Labute approximate surface area is 337 Å². The molecular formula is C44H71N5O7. The van der Waals surface area contributed by atoms with E-state index >= 15 is 0 Å². The molecule has 0 aromatic heterocycles. The summed E-state index contributed by atoms with van der Waals surface area (Å²) in [5.74, 6) is -0.413. The number of hydrazine groups is 1. The molecule has 1 atom stereocenters. The molecular weight excluding hydrogens is 711 g/mol. The van der Waals surface area contributed by atoms with Crippen LogP contribution in [0.5, 0.6) is 0 Å². The largest absolute Gasteiger partial charge is 0.444 e. The van der Waals surface area contributed by atoms with Gasteiger partial charge in [-0.3, -0.25) is 14.6 Å². The normalized spacial score (nSPS) is 21.9. The Morgan fingerprint density at radius 2 is 1.75 bits per heavy atom. The van der Waals surface area contributed by atoms with E-state index in [1.165, 1.54) is 66.0 Å². The van der Waals surface area contributed by atoms with E-state index in [0.717, 1.165) is 62.2 Å². The lowest BCUT2D eigenvalue weighted by molar-refractivity contribution is -0.134. The first-order valence-corrected chi connectivity index (χ1v) is 19.4. The first kappa shape index (κ1) is 51.5. The van der Waals surface area contributed by atoms with Crippen LogP contribution in [0.4, 0.5) is 4.79 Å². The van der Waals surface area contributed by atoms with Gasteiger partial charge < -0.3 is 35.0 Å². The van der Waals surface area contributed by atoms with E-state index < -0.39 is 11.7 Å². The number of allylic oxidation sites excluding steroid dienone is 7. The van der Waals surface area contributed by atoms with E-state index in [4.69, 9.17) is 19.3 Å². The van der Waals surface area contributed by atoms with Crippen LogP contribution in [0.15, 0.2) is 87.9 Å². The van der Waals surface area contributed by atoms with Gasteiger partial charge in [0.1, 0.15) is 24.7 Å². The summed E-state index contributed by atoms with van der Waals surface area (Å²) in [7, 11) is 3.00. The number of aliphatic imine (C=N–C) groups is 1. The number of likely N-dealkylation sites (N-methyl/N-ethyl adjacent to an activating group) is 2. The van der Waals surface area contributed by atoms with Crippen LogP contribution < -0.4 is 5.43 Å². The van der Waals surface area contributed by atoms with Crippen LogP contribution in [0.2, 0.25) is 0 Å². The monoisotopic (exact) mass is 782 g/mol. The quantitative estimate of drug-likeness (QED) is 0.166. The molecule has 0 saturated heterocycles. The second-order valence-electron chi connectivity index (χ2n) is 15.2.